The summed E-state index contributed by atoms with van der Waals surface area (Å²) in [5.74, 6) is 0.159. The van der Waals surface area contributed by atoms with Crippen molar-refractivity contribution in [2.24, 2.45) is 0 Å². The zero-order valence-corrected chi connectivity index (χ0v) is 10.4. The minimum Gasteiger partial charge on any atom is -0.340 e. The smallest absolute Gasteiger partial charge is 0.219 e. The summed E-state index contributed by atoms with van der Waals surface area (Å²) >= 11 is 6.00. The molecule has 16 heavy (non-hydrogen) atoms. The summed E-state index contributed by atoms with van der Waals surface area (Å²) in [5, 5.41) is 0.780. The molecular weight excluding hydrogens is 222 g/mol. The first-order chi connectivity index (χ1) is 7.58. The number of hydrogen-bond acceptors (Lipinski definition) is 1. The number of fused-ring (bicyclic) bond motifs is 1. The van der Waals surface area contributed by atoms with Gasteiger partial charge in [-0.25, -0.2) is 0 Å². The van der Waals surface area contributed by atoms with Gasteiger partial charge in [0, 0.05) is 24.5 Å². The van der Waals surface area contributed by atoms with Crippen LogP contribution in [0.4, 0.5) is 0 Å². The highest BCUT2D eigenvalue weighted by Crippen LogP contribution is 2.23. The van der Waals surface area contributed by atoms with Gasteiger partial charge in [0.2, 0.25) is 5.91 Å². The highest BCUT2D eigenvalue weighted by Gasteiger charge is 2.22. The van der Waals surface area contributed by atoms with E-state index in [9.17, 15) is 4.79 Å². The summed E-state index contributed by atoms with van der Waals surface area (Å²) in [6, 6.07) is 6.29. The van der Waals surface area contributed by atoms with Crippen molar-refractivity contribution in [1.82, 2.24) is 4.90 Å². The number of amides is 1. The van der Waals surface area contributed by atoms with Gasteiger partial charge in [-0.3, -0.25) is 4.79 Å². The minimum atomic E-state index is 0.159. The normalized spacial score (nSPS) is 20.2. The van der Waals surface area contributed by atoms with E-state index in [1.807, 2.05) is 17.0 Å². The van der Waals surface area contributed by atoms with Crippen molar-refractivity contribution in [3.63, 3.8) is 0 Å². The fourth-order valence-electron chi connectivity index (χ4n) is 2.39. The van der Waals surface area contributed by atoms with E-state index in [4.69, 9.17) is 11.6 Å². The maximum absolute atomic E-state index is 11.5. The third kappa shape index (κ3) is 2.22. The van der Waals surface area contributed by atoms with Crippen molar-refractivity contribution in [1.29, 1.82) is 0 Å². The van der Waals surface area contributed by atoms with Crippen LogP contribution in [-0.2, 0) is 17.6 Å². The number of rotatable bonds is 0. The van der Waals surface area contributed by atoms with E-state index in [2.05, 4.69) is 13.0 Å². The Bertz CT molecular complexity index is 416. The molecule has 86 valence electrons. The van der Waals surface area contributed by atoms with Crippen molar-refractivity contribution >= 4 is 17.5 Å². The average molecular weight is 238 g/mol. The Morgan fingerprint density at radius 3 is 2.88 bits per heavy atom. The zero-order valence-electron chi connectivity index (χ0n) is 9.66. The van der Waals surface area contributed by atoms with Gasteiger partial charge in [-0.15, -0.1) is 0 Å². The first-order valence-corrected chi connectivity index (χ1v) is 6.00. The van der Waals surface area contributed by atoms with Crippen LogP contribution in [0.15, 0.2) is 18.2 Å². The van der Waals surface area contributed by atoms with Crippen LogP contribution in [0.25, 0.3) is 0 Å². The Hall–Kier alpha value is -1.02. The number of carbonyl (C=O) groups is 1. The van der Waals surface area contributed by atoms with E-state index in [0.29, 0.717) is 0 Å². The van der Waals surface area contributed by atoms with E-state index in [1.54, 1.807) is 6.92 Å². The lowest BCUT2D eigenvalue weighted by Gasteiger charge is -2.25. The maximum atomic E-state index is 11.5. The monoisotopic (exact) mass is 237 g/mol. The van der Waals surface area contributed by atoms with Crippen molar-refractivity contribution < 1.29 is 4.79 Å². The summed E-state index contributed by atoms with van der Waals surface area (Å²) in [6.45, 7) is 4.54. The van der Waals surface area contributed by atoms with Crippen molar-refractivity contribution in [3.05, 3.63) is 34.3 Å². The summed E-state index contributed by atoms with van der Waals surface area (Å²) in [5.41, 5.74) is 2.60. The van der Waals surface area contributed by atoms with Crippen molar-refractivity contribution in [3.8, 4) is 0 Å². The van der Waals surface area contributed by atoms with Gasteiger partial charge in [0.1, 0.15) is 0 Å². The number of carbonyl (C=O) groups excluding carboxylic acids is 1. The molecule has 0 aromatic heterocycles. The first kappa shape index (κ1) is 11.5. The predicted octanol–water partition coefficient (Wildman–Crippen LogP) is 2.68. The summed E-state index contributed by atoms with van der Waals surface area (Å²) < 4.78 is 0. The average Bonchev–Trinajstić information content (AvgIpc) is 2.35. The minimum absolute atomic E-state index is 0.159. The molecule has 0 bridgehead atoms. The van der Waals surface area contributed by atoms with Gasteiger partial charge in [-0.1, -0.05) is 17.7 Å². The molecule has 1 amide bonds. The Kier molecular flexibility index (Phi) is 3.20. The van der Waals surface area contributed by atoms with Gasteiger partial charge in [-0.05, 0) is 43.0 Å². The largest absolute Gasteiger partial charge is 0.340 e. The lowest BCUT2D eigenvalue weighted by Crippen LogP contribution is -2.38. The van der Waals surface area contributed by atoms with Crippen LogP contribution in [0.5, 0.6) is 0 Å². The first-order valence-electron chi connectivity index (χ1n) is 5.62. The van der Waals surface area contributed by atoms with Crippen LogP contribution in [0.3, 0.4) is 0 Å². The highest BCUT2D eigenvalue weighted by molar-refractivity contribution is 6.30. The molecule has 0 radical (unpaired) electrons. The quantitative estimate of drug-likeness (QED) is 0.680. The van der Waals surface area contributed by atoms with Crippen molar-refractivity contribution in [2.45, 2.75) is 32.7 Å². The Morgan fingerprint density at radius 2 is 2.19 bits per heavy atom. The van der Waals surface area contributed by atoms with Gasteiger partial charge < -0.3 is 4.90 Å². The molecule has 0 saturated carbocycles. The summed E-state index contributed by atoms with van der Waals surface area (Å²) in [4.78, 5) is 13.4. The van der Waals surface area contributed by atoms with Crippen LogP contribution in [0.2, 0.25) is 5.02 Å². The number of halogens is 1. The van der Waals surface area contributed by atoms with E-state index >= 15 is 0 Å². The van der Waals surface area contributed by atoms with Crippen LogP contribution in [0, 0.1) is 0 Å². The fraction of sp³-hybridized carbons (Fsp3) is 0.462. The molecule has 1 aliphatic rings. The van der Waals surface area contributed by atoms with Gasteiger partial charge in [0.05, 0.1) is 0 Å². The lowest BCUT2D eigenvalue weighted by molar-refractivity contribution is -0.130. The lowest BCUT2D eigenvalue weighted by atomic mass is 10.0. The van der Waals surface area contributed by atoms with E-state index in [-0.39, 0.29) is 11.9 Å². The van der Waals surface area contributed by atoms with Crippen LogP contribution < -0.4 is 0 Å². The van der Waals surface area contributed by atoms with Gasteiger partial charge in [-0.2, -0.15) is 0 Å². The number of benzene rings is 1. The van der Waals surface area contributed by atoms with Gasteiger partial charge in [0.15, 0.2) is 0 Å². The second kappa shape index (κ2) is 4.46. The molecular formula is C13H16ClNO. The van der Waals surface area contributed by atoms with Crippen molar-refractivity contribution in [2.75, 3.05) is 6.54 Å². The molecule has 2 nitrogen and oxygen atoms in total. The molecule has 1 aromatic rings. The third-order valence-corrected chi connectivity index (χ3v) is 3.48. The van der Waals surface area contributed by atoms with E-state index in [0.717, 1.165) is 24.4 Å². The zero-order chi connectivity index (χ0) is 11.7. The molecule has 1 aromatic carbocycles. The Labute approximate surface area is 101 Å². The predicted molar refractivity (Wildman–Crippen MR) is 65.7 cm³/mol. The van der Waals surface area contributed by atoms with Crippen LogP contribution in [0.1, 0.15) is 25.0 Å². The summed E-state index contributed by atoms with van der Waals surface area (Å²) in [7, 11) is 0. The van der Waals surface area contributed by atoms with E-state index < -0.39 is 0 Å². The Morgan fingerprint density at radius 1 is 1.44 bits per heavy atom. The number of nitrogens with zero attached hydrogens (tertiary/aromatic N) is 1. The second-order valence-corrected chi connectivity index (χ2v) is 4.87. The van der Waals surface area contributed by atoms with Crippen LogP contribution >= 0.6 is 11.6 Å². The molecule has 0 aliphatic carbocycles. The molecule has 0 spiro atoms. The SMILES string of the molecule is CC(=O)N1CCc2ccc(Cl)cc2CC1C. The Balaban J connectivity index is 2.29. The fourth-order valence-corrected chi connectivity index (χ4v) is 2.58. The molecule has 2 rings (SSSR count). The molecule has 3 heteroatoms. The summed E-state index contributed by atoms with van der Waals surface area (Å²) in [6.07, 6.45) is 1.83. The molecule has 1 atom stereocenters. The van der Waals surface area contributed by atoms with Gasteiger partial charge >= 0.3 is 0 Å². The molecule has 0 fully saturated rings. The topological polar surface area (TPSA) is 20.3 Å². The number of hydrogen-bond donors (Lipinski definition) is 0. The maximum Gasteiger partial charge on any atom is 0.219 e. The molecule has 1 aliphatic heterocycles. The molecule has 0 saturated heterocycles. The highest BCUT2D eigenvalue weighted by atomic mass is 35.5. The molecule has 0 N–H and O–H groups in total. The third-order valence-electron chi connectivity index (χ3n) is 3.24. The molecule has 1 heterocycles. The van der Waals surface area contributed by atoms with Gasteiger partial charge in [0.25, 0.3) is 0 Å². The van der Waals surface area contributed by atoms with E-state index in [1.165, 1.54) is 11.1 Å². The molecule has 1 unspecified atom stereocenters. The van der Waals surface area contributed by atoms with Crippen LogP contribution in [-0.4, -0.2) is 23.4 Å². The standard InChI is InChI=1S/C13H16ClNO/c1-9-7-12-8-13(14)4-3-11(12)5-6-15(9)10(2)16/h3-4,8-9H,5-7H2,1-2H3. The second-order valence-electron chi connectivity index (χ2n) is 4.43.